The molecule has 7 heteroatoms. The highest BCUT2D eigenvalue weighted by Crippen LogP contribution is 2.31. The van der Waals surface area contributed by atoms with Crippen molar-refractivity contribution in [1.82, 2.24) is 20.0 Å². The summed E-state index contributed by atoms with van der Waals surface area (Å²) in [6.07, 6.45) is 3.71. The average Bonchev–Trinajstić information content (AvgIpc) is 3.00. The first-order chi connectivity index (χ1) is 11.7. The van der Waals surface area contributed by atoms with E-state index in [1.165, 1.54) is 0 Å². The normalized spacial score (nSPS) is 21.5. The first kappa shape index (κ1) is 17.4. The minimum absolute atomic E-state index is 0.0228. The minimum atomic E-state index is 0.0228. The Morgan fingerprint density at radius 3 is 2.62 bits per heavy atom. The molecule has 1 amide bonds. The molecule has 1 aromatic heterocycles. The smallest absolute Gasteiger partial charge is 0.241 e. The van der Waals surface area contributed by atoms with E-state index in [1.807, 2.05) is 13.0 Å². The van der Waals surface area contributed by atoms with Gasteiger partial charge in [-0.25, -0.2) is 0 Å². The first-order valence-electron chi connectivity index (χ1n) is 8.80. The molecule has 134 valence electrons. The number of carbonyl (C=O) groups is 1. The largest absolute Gasteiger partial charge is 0.381 e. The van der Waals surface area contributed by atoms with Crippen LogP contribution in [0.1, 0.15) is 18.5 Å². The summed E-state index contributed by atoms with van der Waals surface area (Å²) < 4.78 is 12.7. The Hall–Kier alpha value is -1.44. The molecule has 2 aliphatic rings. The van der Waals surface area contributed by atoms with Gasteiger partial charge in [-0.1, -0.05) is 0 Å². The minimum Gasteiger partial charge on any atom is -0.381 e. The van der Waals surface area contributed by atoms with Crippen LogP contribution in [0.3, 0.4) is 0 Å². The number of nitrogens with one attached hydrogen (secondary N) is 1. The molecule has 3 rings (SSSR count). The van der Waals surface area contributed by atoms with Gasteiger partial charge in [0, 0.05) is 56.7 Å². The lowest BCUT2D eigenvalue weighted by Crippen LogP contribution is -2.51. The summed E-state index contributed by atoms with van der Waals surface area (Å²) in [5.74, 6) is 0.0228. The Labute approximate surface area is 143 Å². The van der Waals surface area contributed by atoms with Gasteiger partial charge in [0.2, 0.25) is 5.91 Å². The predicted molar refractivity (Wildman–Crippen MR) is 89.7 cm³/mol. The molecule has 3 heterocycles. The summed E-state index contributed by atoms with van der Waals surface area (Å²) in [5, 5.41) is 7.31. The summed E-state index contributed by atoms with van der Waals surface area (Å²) in [5.41, 5.74) is 1.10. The van der Waals surface area contributed by atoms with Gasteiger partial charge in [0.05, 0.1) is 13.2 Å². The summed E-state index contributed by atoms with van der Waals surface area (Å²) in [6, 6.07) is 1.91. The number of aromatic nitrogens is 2. The molecule has 2 fully saturated rings. The molecule has 24 heavy (non-hydrogen) atoms. The fraction of sp³-hybridized carbons (Fsp3) is 0.765. The highest BCUT2D eigenvalue weighted by molar-refractivity contribution is 5.75. The third-order valence-electron chi connectivity index (χ3n) is 5.10. The lowest BCUT2D eigenvalue weighted by molar-refractivity contribution is -0.123. The number of hydrogen-bond donors (Lipinski definition) is 1. The van der Waals surface area contributed by atoms with E-state index in [1.54, 1.807) is 10.9 Å². The highest BCUT2D eigenvalue weighted by Gasteiger charge is 2.35. The number of amides is 1. The molecule has 0 atom stereocenters. The molecule has 0 spiro atoms. The lowest BCUT2D eigenvalue weighted by Gasteiger charge is -2.42. The summed E-state index contributed by atoms with van der Waals surface area (Å²) in [6.45, 7) is 9.05. The second kappa shape index (κ2) is 8.09. The number of ether oxygens (including phenoxy) is 2. The van der Waals surface area contributed by atoms with Gasteiger partial charge in [0.25, 0.3) is 0 Å². The summed E-state index contributed by atoms with van der Waals surface area (Å²) in [7, 11) is 0. The standard InChI is InChI=1S/C17H28N4O3/c1-15-2-5-19-21(15)12-16(22)18-13-17(3-8-23-9-4-17)14-20-6-10-24-11-7-20/h2,5H,3-4,6-14H2,1H3,(H,18,22). The van der Waals surface area contributed by atoms with E-state index in [9.17, 15) is 4.79 Å². The van der Waals surface area contributed by atoms with E-state index in [2.05, 4.69) is 15.3 Å². The van der Waals surface area contributed by atoms with Gasteiger partial charge >= 0.3 is 0 Å². The summed E-state index contributed by atoms with van der Waals surface area (Å²) >= 11 is 0. The molecule has 1 N–H and O–H groups in total. The molecule has 7 nitrogen and oxygen atoms in total. The van der Waals surface area contributed by atoms with Crippen LogP contribution in [-0.4, -0.2) is 73.2 Å². The Balaban J connectivity index is 1.55. The van der Waals surface area contributed by atoms with Crippen molar-refractivity contribution in [3.63, 3.8) is 0 Å². The number of carbonyl (C=O) groups excluding carboxylic acids is 1. The Morgan fingerprint density at radius 2 is 1.96 bits per heavy atom. The van der Waals surface area contributed by atoms with Crippen LogP contribution in [0.5, 0.6) is 0 Å². The van der Waals surface area contributed by atoms with Gasteiger partial charge in [-0.15, -0.1) is 0 Å². The zero-order valence-corrected chi connectivity index (χ0v) is 14.5. The third kappa shape index (κ3) is 4.55. The summed E-state index contributed by atoms with van der Waals surface area (Å²) in [4.78, 5) is 14.8. The SMILES string of the molecule is Cc1ccnn1CC(=O)NCC1(CN2CCOCC2)CCOCC1. The van der Waals surface area contributed by atoms with Crippen molar-refractivity contribution in [2.75, 3.05) is 52.6 Å². The van der Waals surface area contributed by atoms with E-state index in [4.69, 9.17) is 9.47 Å². The highest BCUT2D eigenvalue weighted by atomic mass is 16.5. The second-order valence-electron chi connectivity index (χ2n) is 6.91. The third-order valence-corrected chi connectivity index (χ3v) is 5.10. The van der Waals surface area contributed by atoms with Crippen LogP contribution < -0.4 is 5.32 Å². The fourth-order valence-corrected chi connectivity index (χ4v) is 3.47. The van der Waals surface area contributed by atoms with E-state index in [-0.39, 0.29) is 17.9 Å². The quantitative estimate of drug-likeness (QED) is 0.816. The van der Waals surface area contributed by atoms with E-state index >= 15 is 0 Å². The molecule has 1 aromatic rings. The van der Waals surface area contributed by atoms with Crippen molar-refractivity contribution in [3.05, 3.63) is 18.0 Å². The van der Waals surface area contributed by atoms with Crippen molar-refractivity contribution in [2.45, 2.75) is 26.3 Å². The molecule has 0 unspecified atom stereocenters. The van der Waals surface area contributed by atoms with Crippen LogP contribution in [0.2, 0.25) is 0 Å². The van der Waals surface area contributed by atoms with Crippen LogP contribution in [0.15, 0.2) is 12.3 Å². The number of hydrogen-bond acceptors (Lipinski definition) is 5. The van der Waals surface area contributed by atoms with E-state index in [0.717, 1.165) is 64.6 Å². The maximum absolute atomic E-state index is 12.3. The van der Waals surface area contributed by atoms with Crippen LogP contribution in [-0.2, 0) is 20.8 Å². The number of rotatable bonds is 6. The number of nitrogens with zero attached hydrogens (tertiary/aromatic N) is 3. The van der Waals surface area contributed by atoms with Crippen LogP contribution in [0.4, 0.5) is 0 Å². The molecule has 0 aromatic carbocycles. The number of morpholine rings is 1. The van der Waals surface area contributed by atoms with Crippen LogP contribution >= 0.6 is 0 Å². The zero-order chi connectivity index (χ0) is 16.8. The number of aryl methyl sites for hydroxylation is 1. The molecule has 2 aliphatic heterocycles. The van der Waals surface area contributed by atoms with Crippen molar-refractivity contribution < 1.29 is 14.3 Å². The zero-order valence-electron chi connectivity index (χ0n) is 14.5. The van der Waals surface area contributed by atoms with E-state index < -0.39 is 0 Å². The van der Waals surface area contributed by atoms with Gasteiger partial charge in [0.1, 0.15) is 6.54 Å². The topological polar surface area (TPSA) is 68.6 Å². The van der Waals surface area contributed by atoms with Gasteiger partial charge in [-0.3, -0.25) is 14.4 Å². The van der Waals surface area contributed by atoms with Crippen molar-refractivity contribution in [2.24, 2.45) is 5.41 Å². The molecular formula is C17H28N4O3. The van der Waals surface area contributed by atoms with Gasteiger partial charge in [-0.2, -0.15) is 5.10 Å². The Bertz CT molecular complexity index is 534. The van der Waals surface area contributed by atoms with Gasteiger partial charge in [0.15, 0.2) is 0 Å². The van der Waals surface area contributed by atoms with Gasteiger partial charge < -0.3 is 14.8 Å². The predicted octanol–water partition coefficient (Wildman–Crippen LogP) is 0.437. The molecule has 0 aliphatic carbocycles. The van der Waals surface area contributed by atoms with E-state index in [0.29, 0.717) is 6.54 Å². The first-order valence-corrected chi connectivity index (χ1v) is 8.80. The lowest BCUT2D eigenvalue weighted by atomic mass is 9.79. The van der Waals surface area contributed by atoms with Crippen LogP contribution in [0.25, 0.3) is 0 Å². The Morgan fingerprint density at radius 1 is 1.25 bits per heavy atom. The maximum Gasteiger partial charge on any atom is 0.241 e. The molecule has 2 saturated heterocycles. The average molecular weight is 336 g/mol. The van der Waals surface area contributed by atoms with Crippen molar-refractivity contribution >= 4 is 5.91 Å². The van der Waals surface area contributed by atoms with Gasteiger partial charge in [-0.05, 0) is 25.8 Å². The second-order valence-corrected chi connectivity index (χ2v) is 6.91. The maximum atomic E-state index is 12.3. The molecule has 0 saturated carbocycles. The van der Waals surface area contributed by atoms with Crippen LogP contribution in [0, 0.1) is 12.3 Å². The molecule has 0 bridgehead atoms. The molecular weight excluding hydrogens is 308 g/mol. The monoisotopic (exact) mass is 336 g/mol. The fourth-order valence-electron chi connectivity index (χ4n) is 3.47. The van der Waals surface area contributed by atoms with Crippen molar-refractivity contribution in [1.29, 1.82) is 0 Å². The Kier molecular flexibility index (Phi) is 5.86. The van der Waals surface area contributed by atoms with Crippen molar-refractivity contribution in [3.8, 4) is 0 Å². The molecule has 0 radical (unpaired) electrons.